The van der Waals surface area contributed by atoms with E-state index in [1.807, 2.05) is 0 Å². The van der Waals surface area contributed by atoms with Gasteiger partial charge in [-0.25, -0.2) is 8.42 Å². The molecular weight excluding hydrogens is 162 g/mol. The number of hydrogen-bond donors (Lipinski definition) is 1. The van der Waals surface area contributed by atoms with Gasteiger partial charge in [0.15, 0.2) is 9.84 Å². The lowest BCUT2D eigenvalue weighted by Gasteiger charge is -2.06. The lowest BCUT2D eigenvalue weighted by molar-refractivity contribution is 0.585. The Labute approximate surface area is 67.4 Å². The van der Waals surface area contributed by atoms with E-state index in [0.29, 0.717) is 18.1 Å². The first-order valence-electron chi connectivity index (χ1n) is 3.69. The summed E-state index contributed by atoms with van der Waals surface area (Å²) in [5, 5.41) is 3.09. The monoisotopic (exact) mass is 175 g/mol. The molecule has 0 aromatic heterocycles. The fourth-order valence-electron chi connectivity index (χ4n) is 1.21. The minimum Gasteiger partial charge on any atom is -0.309 e. The van der Waals surface area contributed by atoms with Crippen LogP contribution >= 0.6 is 0 Å². The molecule has 0 radical (unpaired) electrons. The Bertz CT molecular complexity index is 233. The Morgan fingerprint density at radius 3 is 2.82 bits per heavy atom. The third-order valence-electron chi connectivity index (χ3n) is 1.78. The Balaban J connectivity index is 2.36. The van der Waals surface area contributed by atoms with Crippen LogP contribution in [0.1, 0.15) is 6.42 Å². The van der Waals surface area contributed by atoms with Gasteiger partial charge in [0, 0.05) is 12.6 Å². The minimum atomic E-state index is -2.72. The zero-order valence-corrected chi connectivity index (χ0v) is 7.23. The Kier molecular flexibility index (Phi) is 2.67. The van der Waals surface area contributed by atoms with Crippen LogP contribution in [0.5, 0.6) is 0 Å². The highest BCUT2D eigenvalue weighted by Crippen LogP contribution is 2.10. The van der Waals surface area contributed by atoms with E-state index in [9.17, 15) is 8.42 Å². The van der Waals surface area contributed by atoms with Crippen molar-refractivity contribution >= 4 is 9.84 Å². The van der Waals surface area contributed by atoms with Crippen LogP contribution in [-0.2, 0) is 9.84 Å². The summed E-state index contributed by atoms with van der Waals surface area (Å²) in [5.41, 5.74) is 0. The highest BCUT2D eigenvalue weighted by atomic mass is 32.2. The molecule has 64 valence electrons. The molecule has 4 heteroatoms. The number of rotatable bonds is 3. The summed E-state index contributed by atoms with van der Waals surface area (Å²) in [5.74, 6) is 0.628. The second kappa shape index (κ2) is 3.36. The van der Waals surface area contributed by atoms with Crippen molar-refractivity contribution in [1.29, 1.82) is 0 Å². The van der Waals surface area contributed by atoms with Crippen molar-refractivity contribution in [2.24, 2.45) is 0 Å². The summed E-state index contributed by atoms with van der Waals surface area (Å²) in [7, 11) is -2.72. The maximum absolute atomic E-state index is 10.9. The lowest BCUT2D eigenvalue weighted by Crippen LogP contribution is -2.29. The molecule has 0 unspecified atom stereocenters. The number of nitrogens with one attached hydrogen (secondary N) is 1. The largest absolute Gasteiger partial charge is 0.309 e. The SMILES string of the molecule is C=CCN[C@@H]1CCS(=O)(=O)C1. The van der Waals surface area contributed by atoms with Crippen molar-refractivity contribution in [3.05, 3.63) is 12.7 Å². The van der Waals surface area contributed by atoms with Gasteiger partial charge in [0.25, 0.3) is 0 Å². The molecule has 0 aromatic rings. The highest BCUT2D eigenvalue weighted by molar-refractivity contribution is 7.91. The quantitative estimate of drug-likeness (QED) is 0.612. The van der Waals surface area contributed by atoms with E-state index >= 15 is 0 Å². The second-order valence-electron chi connectivity index (χ2n) is 2.80. The predicted octanol–water partition coefficient (Wildman–Crippen LogP) is -0.0509. The Morgan fingerprint density at radius 1 is 1.64 bits per heavy atom. The summed E-state index contributed by atoms with van der Waals surface area (Å²) in [6.45, 7) is 4.24. The molecule has 1 fully saturated rings. The van der Waals surface area contributed by atoms with Crippen LogP contribution < -0.4 is 5.32 Å². The summed E-state index contributed by atoms with van der Waals surface area (Å²) in [6, 6.07) is 0.151. The van der Waals surface area contributed by atoms with Gasteiger partial charge in [0.05, 0.1) is 11.5 Å². The number of sulfone groups is 1. The van der Waals surface area contributed by atoms with Crippen LogP contribution in [0.25, 0.3) is 0 Å². The van der Waals surface area contributed by atoms with Gasteiger partial charge in [0.1, 0.15) is 0 Å². The van der Waals surface area contributed by atoms with E-state index in [1.54, 1.807) is 6.08 Å². The van der Waals surface area contributed by atoms with Crippen LogP contribution in [0.2, 0.25) is 0 Å². The molecule has 1 heterocycles. The summed E-state index contributed by atoms with van der Waals surface area (Å²) in [6.07, 6.45) is 2.49. The van der Waals surface area contributed by atoms with E-state index < -0.39 is 9.84 Å². The van der Waals surface area contributed by atoms with E-state index in [1.165, 1.54) is 0 Å². The van der Waals surface area contributed by atoms with Crippen molar-refractivity contribution in [3.8, 4) is 0 Å². The molecule has 1 rings (SSSR count). The second-order valence-corrected chi connectivity index (χ2v) is 5.03. The molecule has 0 amide bonds. The third-order valence-corrected chi connectivity index (χ3v) is 3.55. The van der Waals surface area contributed by atoms with Crippen molar-refractivity contribution < 1.29 is 8.42 Å². The fraction of sp³-hybridized carbons (Fsp3) is 0.714. The van der Waals surface area contributed by atoms with Crippen LogP contribution in [0.3, 0.4) is 0 Å². The van der Waals surface area contributed by atoms with Crippen LogP contribution in [-0.4, -0.2) is 32.5 Å². The average molecular weight is 175 g/mol. The molecule has 1 saturated heterocycles. The molecule has 0 aromatic carbocycles. The summed E-state index contributed by atoms with van der Waals surface area (Å²) in [4.78, 5) is 0. The Hall–Kier alpha value is -0.350. The van der Waals surface area contributed by atoms with Gasteiger partial charge in [-0.2, -0.15) is 0 Å². The smallest absolute Gasteiger partial charge is 0.151 e. The van der Waals surface area contributed by atoms with Gasteiger partial charge in [-0.05, 0) is 6.42 Å². The molecule has 0 aliphatic carbocycles. The topological polar surface area (TPSA) is 46.2 Å². The third kappa shape index (κ3) is 2.63. The molecule has 0 bridgehead atoms. The first-order chi connectivity index (χ1) is 5.14. The van der Waals surface area contributed by atoms with Crippen molar-refractivity contribution in [3.63, 3.8) is 0 Å². The van der Waals surface area contributed by atoms with E-state index in [0.717, 1.165) is 6.42 Å². The average Bonchev–Trinajstić information content (AvgIpc) is 2.26. The fourth-order valence-corrected chi connectivity index (χ4v) is 2.91. The predicted molar refractivity (Wildman–Crippen MR) is 45.3 cm³/mol. The minimum absolute atomic E-state index is 0.151. The van der Waals surface area contributed by atoms with Gasteiger partial charge < -0.3 is 5.32 Å². The van der Waals surface area contributed by atoms with Crippen LogP contribution in [0.4, 0.5) is 0 Å². The van der Waals surface area contributed by atoms with Crippen LogP contribution in [0.15, 0.2) is 12.7 Å². The van der Waals surface area contributed by atoms with Crippen LogP contribution in [0, 0.1) is 0 Å². The summed E-state index contributed by atoms with van der Waals surface area (Å²) < 4.78 is 21.9. The summed E-state index contributed by atoms with van der Waals surface area (Å²) >= 11 is 0. The molecule has 1 aliphatic rings. The first-order valence-corrected chi connectivity index (χ1v) is 5.51. The van der Waals surface area contributed by atoms with Crippen molar-refractivity contribution in [1.82, 2.24) is 5.32 Å². The van der Waals surface area contributed by atoms with Crippen molar-refractivity contribution in [2.75, 3.05) is 18.1 Å². The molecule has 0 spiro atoms. The van der Waals surface area contributed by atoms with Gasteiger partial charge in [-0.3, -0.25) is 0 Å². The standard InChI is InChI=1S/C7H13NO2S/c1-2-4-8-7-3-5-11(9,10)6-7/h2,7-8H,1,3-6H2/t7-/m1/s1. The molecule has 11 heavy (non-hydrogen) atoms. The maximum atomic E-state index is 10.9. The van der Waals surface area contributed by atoms with Gasteiger partial charge in [-0.1, -0.05) is 6.08 Å². The maximum Gasteiger partial charge on any atom is 0.151 e. The number of hydrogen-bond acceptors (Lipinski definition) is 3. The molecule has 1 aliphatic heterocycles. The molecule has 3 nitrogen and oxygen atoms in total. The molecule has 1 N–H and O–H groups in total. The van der Waals surface area contributed by atoms with E-state index in [2.05, 4.69) is 11.9 Å². The highest BCUT2D eigenvalue weighted by Gasteiger charge is 2.26. The van der Waals surface area contributed by atoms with Gasteiger partial charge >= 0.3 is 0 Å². The first kappa shape index (κ1) is 8.74. The zero-order valence-electron chi connectivity index (χ0n) is 6.41. The van der Waals surface area contributed by atoms with E-state index in [4.69, 9.17) is 0 Å². The molecule has 1 atom stereocenters. The van der Waals surface area contributed by atoms with Crippen molar-refractivity contribution in [2.45, 2.75) is 12.5 Å². The Morgan fingerprint density at radius 2 is 2.36 bits per heavy atom. The van der Waals surface area contributed by atoms with Gasteiger partial charge in [0.2, 0.25) is 0 Å². The molecule has 0 saturated carbocycles. The van der Waals surface area contributed by atoms with E-state index in [-0.39, 0.29) is 6.04 Å². The lowest BCUT2D eigenvalue weighted by atomic mass is 10.3. The normalized spacial score (nSPS) is 28.5. The molecular formula is C7H13NO2S. The zero-order chi connectivity index (χ0) is 8.32. The van der Waals surface area contributed by atoms with Gasteiger partial charge in [-0.15, -0.1) is 6.58 Å².